The number of rotatable bonds is 5. The predicted molar refractivity (Wildman–Crippen MR) is 101 cm³/mol. The molecular formula is C22H20F3NO3. The second-order valence-electron chi connectivity index (χ2n) is 6.94. The maximum atomic E-state index is 14.3. The molecule has 0 saturated carbocycles. The zero-order valence-electron chi connectivity index (χ0n) is 15.9. The lowest BCUT2D eigenvalue weighted by Gasteiger charge is -2.22. The molecule has 0 saturated heterocycles. The Morgan fingerprint density at radius 1 is 1.07 bits per heavy atom. The molecule has 0 heterocycles. The minimum absolute atomic E-state index is 0.102. The second kappa shape index (κ2) is 8.51. The molecule has 1 aliphatic carbocycles. The molecule has 29 heavy (non-hydrogen) atoms. The molecule has 0 aliphatic heterocycles. The van der Waals surface area contributed by atoms with E-state index in [0.717, 1.165) is 0 Å². The van der Waals surface area contributed by atoms with Crippen molar-refractivity contribution in [2.24, 2.45) is 5.92 Å². The Bertz CT molecular complexity index is 974. The number of hydrogen-bond acceptors (Lipinski definition) is 3. The van der Waals surface area contributed by atoms with Crippen molar-refractivity contribution in [1.82, 2.24) is 5.32 Å². The topological polar surface area (TPSA) is 55.4 Å². The van der Waals surface area contributed by atoms with Crippen LogP contribution in [0.4, 0.5) is 13.2 Å². The van der Waals surface area contributed by atoms with E-state index in [0.29, 0.717) is 0 Å². The fourth-order valence-corrected chi connectivity index (χ4v) is 3.54. The number of carbonyl (C=O) groups is 2. The van der Waals surface area contributed by atoms with Gasteiger partial charge in [0.2, 0.25) is 0 Å². The molecule has 3 atom stereocenters. The van der Waals surface area contributed by atoms with Gasteiger partial charge in [0.05, 0.1) is 18.6 Å². The number of ether oxygens (including phenoxy) is 1. The Labute approximate surface area is 166 Å². The van der Waals surface area contributed by atoms with Crippen LogP contribution in [0.15, 0.2) is 48.6 Å². The van der Waals surface area contributed by atoms with Gasteiger partial charge in [-0.1, -0.05) is 36.4 Å². The molecule has 1 N–H and O–H groups in total. The fourth-order valence-electron chi connectivity index (χ4n) is 3.54. The number of carbonyl (C=O) groups excluding carboxylic acids is 2. The van der Waals surface area contributed by atoms with E-state index in [2.05, 4.69) is 5.32 Å². The van der Waals surface area contributed by atoms with Crippen molar-refractivity contribution in [1.29, 1.82) is 0 Å². The lowest BCUT2D eigenvalue weighted by Crippen LogP contribution is -2.34. The Kier molecular flexibility index (Phi) is 6.06. The van der Waals surface area contributed by atoms with Crippen LogP contribution in [0.5, 0.6) is 0 Å². The average molecular weight is 403 g/mol. The molecule has 0 aromatic heterocycles. The smallest absolute Gasteiger partial charge is 0.313 e. The van der Waals surface area contributed by atoms with Crippen molar-refractivity contribution in [3.05, 3.63) is 82.7 Å². The predicted octanol–water partition coefficient (Wildman–Crippen LogP) is 4.04. The van der Waals surface area contributed by atoms with Crippen molar-refractivity contribution in [2.45, 2.75) is 25.3 Å². The third kappa shape index (κ3) is 4.18. The number of halogens is 3. The van der Waals surface area contributed by atoms with Gasteiger partial charge in [-0.05, 0) is 37.0 Å². The molecule has 0 radical (unpaired) electrons. The van der Waals surface area contributed by atoms with E-state index >= 15 is 0 Å². The van der Waals surface area contributed by atoms with Crippen molar-refractivity contribution < 1.29 is 27.5 Å². The number of benzene rings is 2. The molecule has 2 aromatic rings. The molecule has 152 valence electrons. The highest BCUT2D eigenvalue weighted by Crippen LogP contribution is 2.35. The molecule has 7 heteroatoms. The summed E-state index contributed by atoms with van der Waals surface area (Å²) in [6.07, 6.45) is 3.64. The lowest BCUT2D eigenvalue weighted by molar-refractivity contribution is -0.143. The van der Waals surface area contributed by atoms with E-state index in [4.69, 9.17) is 4.74 Å². The number of hydrogen-bond donors (Lipinski definition) is 1. The van der Waals surface area contributed by atoms with Gasteiger partial charge in [-0.25, -0.2) is 13.2 Å². The first-order valence-electron chi connectivity index (χ1n) is 9.09. The van der Waals surface area contributed by atoms with Crippen LogP contribution >= 0.6 is 0 Å². The Hall–Kier alpha value is -3.09. The van der Waals surface area contributed by atoms with E-state index < -0.39 is 52.8 Å². The summed E-state index contributed by atoms with van der Waals surface area (Å²) in [5, 5.41) is 2.61. The molecule has 0 fully saturated rings. The molecule has 1 amide bonds. The quantitative estimate of drug-likeness (QED) is 0.606. The van der Waals surface area contributed by atoms with Crippen molar-refractivity contribution in [2.75, 3.05) is 7.11 Å². The molecule has 2 aromatic carbocycles. The van der Waals surface area contributed by atoms with Crippen LogP contribution in [0.25, 0.3) is 0 Å². The maximum absolute atomic E-state index is 14.3. The van der Waals surface area contributed by atoms with Gasteiger partial charge in [0.25, 0.3) is 5.91 Å². The summed E-state index contributed by atoms with van der Waals surface area (Å²) in [7, 11) is 1.23. The summed E-state index contributed by atoms with van der Waals surface area (Å²) in [4.78, 5) is 24.7. The fraction of sp³-hybridized carbons (Fsp3) is 0.273. The molecule has 3 rings (SSSR count). The summed E-state index contributed by atoms with van der Waals surface area (Å²) in [5.41, 5.74) is -0.0955. The van der Waals surface area contributed by atoms with Crippen molar-refractivity contribution in [3.8, 4) is 0 Å². The van der Waals surface area contributed by atoms with Gasteiger partial charge in [0, 0.05) is 11.6 Å². The minimum atomic E-state index is -1.21. The van der Waals surface area contributed by atoms with Gasteiger partial charge in [0.1, 0.15) is 5.82 Å². The van der Waals surface area contributed by atoms with Crippen LogP contribution in [-0.4, -0.2) is 25.0 Å². The Morgan fingerprint density at radius 2 is 1.79 bits per heavy atom. The van der Waals surface area contributed by atoms with E-state index in [1.54, 1.807) is 18.2 Å². The summed E-state index contributed by atoms with van der Waals surface area (Å²) >= 11 is 0. The normalized spacial score (nSPS) is 19.1. The van der Waals surface area contributed by atoms with Crippen molar-refractivity contribution in [3.63, 3.8) is 0 Å². The van der Waals surface area contributed by atoms with Gasteiger partial charge in [0.15, 0.2) is 11.6 Å². The highest BCUT2D eigenvalue weighted by molar-refractivity contribution is 5.95. The summed E-state index contributed by atoms with van der Waals surface area (Å²) in [6.45, 7) is 1.40. The first-order valence-corrected chi connectivity index (χ1v) is 9.09. The summed E-state index contributed by atoms with van der Waals surface area (Å²) < 4.78 is 46.9. The first-order chi connectivity index (χ1) is 13.8. The molecule has 0 bridgehead atoms. The average Bonchev–Trinajstić information content (AvgIpc) is 3.15. The van der Waals surface area contributed by atoms with Gasteiger partial charge in [-0.15, -0.1) is 0 Å². The zero-order valence-corrected chi connectivity index (χ0v) is 15.9. The second-order valence-corrected chi connectivity index (χ2v) is 6.94. The lowest BCUT2D eigenvalue weighted by atomic mass is 9.85. The Morgan fingerprint density at radius 3 is 2.48 bits per heavy atom. The SMILES string of the molecule is COC(=O)[C@H](c1ccccc1F)[C@@H]1C=C[C@H](NC(=O)c2ccc(C)c(F)c2F)C1. The van der Waals surface area contributed by atoms with Crippen LogP contribution < -0.4 is 5.32 Å². The van der Waals surface area contributed by atoms with Crippen LogP contribution in [0.3, 0.4) is 0 Å². The zero-order chi connectivity index (χ0) is 21.1. The number of allylic oxidation sites excluding steroid dienone is 1. The van der Waals surface area contributed by atoms with E-state index in [9.17, 15) is 22.8 Å². The molecule has 0 spiro atoms. The van der Waals surface area contributed by atoms with Crippen LogP contribution in [0, 0.1) is 30.3 Å². The van der Waals surface area contributed by atoms with Gasteiger partial charge >= 0.3 is 5.97 Å². The monoisotopic (exact) mass is 403 g/mol. The maximum Gasteiger partial charge on any atom is 0.313 e. The molecule has 0 unspecified atom stereocenters. The van der Waals surface area contributed by atoms with Gasteiger partial charge in [-0.3, -0.25) is 9.59 Å². The van der Waals surface area contributed by atoms with Crippen LogP contribution in [-0.2, 0) is 9.53 Å². The standard InChI is InChI=1S/C22H20F3NO3/c1-12-7-10-16(20(25)19(12)24)21(27)26-14-9-8-13(11-14)18(22(28)29-2)15-5-3-4-6-17(15)23/h3-10,13-14,18H,11H2,1-2H3,(H,26,27)/t13-,14+,18+/m1/s1. The number of aryl methyl sites for hydroxylation is 1. The largest absolute Gasteiger partial charge is 0.469 e. The molecule has 1 aliphatic rings. The minimum Gasteiger partial charge on any atom is -0.469 e. The van der Waals surface area contributed by atoms with E-state index in [1.165, 1.54) is 44.4 Å². The highest BCUT2D eigenvalue weighted by atomic mass is 19.2. The molecule has 4 nitrogen and oxygen atoms in total. The third-order valence-electron chi connectivity index (χ3n) is 5.08. The first kappa shape index (κ1) is 20.6. The third-order valence-corrected chi connectivity index (χ3v) is 5.08. The van der Waals surface area contributed by atoms with Crippen molar-refractivity contribution >= 4 is 11.9 Å². The molecular weight excluding hydrogens is 383 g/mol. The van der Waals surface area contributed by atoms with E-state index in [-0.39, 0.29) is 17.5 Å². The highest BCUT2D eigenvalue weighted by Gasteiger charge is 2.35. The van der Waals surface area contributed by atoms with Gasteiger partial charge < -0.3 is 10.1 Å². The van der Waals surface area contributed by atoms with Crippen LogP contribution in [0.2, 0.25) is 0 Å². The Balaban J connectivity index is 1.76. The summed E-state index contributed by atoms with van der Waals surface area (Å²) in [5.74, 6) is -5.47. The van der Waals surface area contributed by atoms with E-state index in [1.807, 2.05) is 0 Å². The summed E-state index contributed by atoms with van der Waals surface area (Å²) in [6, 6.07) is 7.95. The number of esters is 1. The van der Waals surface area contributed by atoms with Crippen LogP contribution in [0.1, 0.15) is 33.8 Å². The van der Waals surface area contributed by atoms with Gasteiger partial charge in [-0.2, -0.15) is 0 Å². The number of nitrogens with one attached hydrogen (secondary N) is 1. The number of amides is 1. The number of methoxy groups -OCH3 is 1.